The minimum atomic E-state index is -0.703. The Labute approximate surface area is 113 Å². The van der Waals surface area contributed by atoms with Gasteiger partial charge in [-0.1, -0.05) is 33.1 Å². The molecule has 0 saturated carbocycles. The molecule has 1 atom stereocenters. The summed E-state index contributed by atoms with van der Waals surface area (Å²) in [5.41, 5.74) is -0.703. The Balaban J connectivity index is 2.98. The van der Waals surface area contributed by atoms with E-state index in [0.717, 1.165) is 23.2 Å². The summed E-state index contributed by atoms with van der Waals surface area (Å²) in [5, 5.41) is 0. The van der Waals surface area contributed by atoms with Crippen molar-refractivity contribution >= 4 is 44.2 Å². The van der Waals surface area contributed by atoms with Gasteiger partial charge in [0.05, 0.1) is 32.3 Å². The SMILES string of the molecule is CCCCC1(CCC)C(=O)N(Br)C(=O)N1Br. The van der Waals surface area contributed by atoms with Gasteiger partial charge in [0.15, 0.2) is 0 Å². The van der Waals surface area contributed by atoms with Gasteiger partial charge < -0.3 is 0 Å². The average molecular weight is 356 g/mol. The summed E-state index contributed by atoms with van der Waals surface area (Å²) in [6.07, 6.45) is 4.20. The molecule has 0 aromatic carbocycles. The first-order valence-electron chi connectivity index (χ1n) is 5.51. The first-order chi connectivity index (χ1) is 7.51. The molecular formula is C10H16Br2N2O2. The van der Waals surface area contributed by atoms with E-state index in [4.69, 9.17) is 0 Å². The number of unbranched alkanes of at least 4 members (excludes halogenated alkanes) is 1. The van der Waals surface area contributed by atoms with Crippen LogP contribution in [0.2, 0.25) is 0 Å². The molecule has 16 heavy (non-hydrogen) atoms. The van der Waals surface area contributed by atoms with Crippen LogP contribution in [0.5, 0.6) is 0 Å². The number of amides is 3. The highest BCUT2D eigenvalue weighted by molar-refractivity contribution is 9.08. The summed E-state index contributed by atoms with van der Waals surface area (Å²) in [6.45, 7) is 4.09. The van der Waals surface area contributed by atoms with E-state index >= 15 is 0 Å². The summed E-state index contributed by atoms with van der Waals surface area (Å²) in [5.74, 6) is -0.162. The van der Waals surface area contributed by atoms with Crippen molar-refractivity contribution in [2.45, 2.75) is 51.5 Å². The van der Waals surface area contributed by atoms with Crippen LogP contribution in [0.25, 0.3) is 0 Å². The Hall–Kier alpha value is -0.100. The number of carbonyl (C=O) groups is 2. The van der Waals surface area contributed by atoms with Gasteiger partial charge in [-0.25, -0.2) is 8.72 Å². The van der Waals surface area contributed by atoms with Gasteiger partial charge in [-0.2, -0.15) is 3.93 Å². The van der Waals surface area contributed by atoms with Crippen molar-refractivity contribution in [3.05, 3.63) is 0 Å². The van der Waals surface area contributed by atoms with Crippen molar-refractivity contribution in [3.63, 3.8) is 0 Å². The van der Waals surface area contributed by atoms with E-state index in [-0.39, 0.29) is 11.9 Å². The number of urea groups is 1. The normalized spacial score (nSPS) is 25.8. The van der Waals surface area contributed by atoms with E-state index in [2.05, 4.69) is 39.2 Å². The third-order valence-electron chi connectivity index (χ3n) is 2.90. The zero-order chi connectivity index (χ0) is 12.3. The molecule has 1 rings (SSSR count). The van der Waals surface area contributed by atoms with Gasteiger partial charge in [0.2, 0.25) is 0 Å². The fourth-order valence-corrected chi connectivity index (χ4v) is 3.40. The second-order valence-electron chi connectivity index (χ2n) is 4.03. The smallest absolute Gasteiger partial charge is 0.271 e. The van der Waals surface area contributed by atoms with E-state index in [1.807, 2.05) is 6.92 Å². The Kier molecular flexibility index (Phi) is 4.79. The van der Waals surface area contributed by atoms with Crippen molar-refractivity contribution in [3.8, 4) is 0 Å². The van der Waals surface area contributed by atoms with Gasteiger partial charge in [0.25, 0.3) is 5.91 Å². The third kappa shape index (κ3) is 2.14. The molecule has 4 nitrogen and oxygen atoms in total. The van der Waals surface area contributed by atoms with Gasteiger partial charge >= 0.3 is 6.03 Å². The van der Waals surface area contributed by atoms with Crippen LogP contribution in [0, 0.1) is 0 Å². The number of hydrogen-bond donors (Lipinski definition) is 0. The molecule has 0 aromatic heterocycles. The summed E-state index contributed by atoms with van der Waals surface area (Å²) < 4.78 is 2.42. The van der Waals surface area contributed by atoms with Crippen LogP contribution in [0.1, 0.15) is 46.0 Å². The van der Waals surface area contributed by atoms with Crippen molar-refractivity contribution in [1.82, 2.24) is 7.85 Å². The monoisotopic (exact) mass is 354 g/mol. The van der Waals surface area contributed by atoms with Crippen LogP contribution in [-0.4, -0.2) is 25.3 Å². The molecule has 1 saturated heterocycles. The molecule has 1 fully saturated rings. The lowest BCUT2D eigenvalue weighted by Gasteiger charge is -2.30. The van der Waals surface area contributed by atoms with E-state index in [1.54, 1.807) is 0 Å². The quantitative estimate of drug-likeness (QED) is 0.558. The van der Waals surface area contributed by atoms with E-state index in [1.165, 1.54) is 3.93 Å². The highest BCUT2D eigenvalue weighted by Crippen LogP contribution is 2.40. The molecule has 0 spiro atoms. The molecule has 3 amide bonds. The van der Waals surface area contributed by atoms with E-state index in [9.17, 15) is 9.59 Å². The minimum Gasteiger partial charge on any atom is -0.271 e. The summed E-state index contributed by atoms with van der Waals surface area (Å²) >= 11 is 6.24. The standard InChI is InChI=1S/C10H16Br2N2O2/c1-3-5-7-10(6-4-2)8(15)13(11)9(16)14(10)12/h3-7H2,1-2H3. The first-order valence-corrected chi connectivity index (χ1v) is 6.93. The molecule has 0 aliphatic carbocycles. The van der Waals surface area contributed by atoms with Crippen molar-refractivity contribution in [2.75, 3.05) is 0 Å². The van der Waals surface area contributed by atoms with Crippen LogP contribution >= 0.6 is 32.3 Å². The summed E-state index contributed by atoms with van der Waals surface area (Å²) in [7, 11) is 0. The van der Waals surface area contributed by atoms with Gasteiger partial charge in [-0.05, 0) is 12.8 Å². The minimum absolute atomic E-state index is 0.162. The Morgan fingerprint density at radius 1 is 1.12 bits per heavy atom. The Morgan fingerprint density at radius 3 is 2.12 bits per heavy atom. The Morgan fingerprint density at radius 2 is 1.75 bits per heavy atom. The summed E-state index contributed by atoms with van der Waals surface area (Å²) in [6, 6.07) is -0.338. The molecule has 92 valence electrons. The maximum absolute atomic E-state index is 12.1. The molecule has 6 heteroatoms. The second-order valence-corrected chi connectivity index (χ2v) is 5.45. The van der Waals surface area contributed by atoms with Crippen LogP contribution < -0.4 is 0 Å². The van der Waals surface area contributed by atoms with Crippen molar-refractivity contribution in [2.24, 2.45) is 0 Å². The van der Waals surface area contributed by atoms with Gasteiger partial charge in [0.1, 0.15) is 5.54 Å². The zero-order valence-corrected chi connectivity index (χ0v) is 12.7. The van der Waals surface area contributed by atoms with Crippen LogP contribution in [0.15, 0.2) is 0 Å². The average Bonchev–Trinajstić information content (AvgIpc) is 2.43. The number of halogens is 2. The van der Waals surface area contributed by atoms with Crippen molar-refractivity contribution in [1.29, 1.82) is 0 Å². The first kappa shape index (κ1) is 14.0. The molecule has 1 aliphatic heterocycles. The Bertz CT molecular complexity index is 299. The molecule has 1 heterocycles. The lowest BCUT2D eigenvalue weighted by Crippen LogP contribution is -2.44. The van der Waals surface area contributed by atoms with Crippen LogP contribution in [-0.2, 0) is 4.79 Å². The number of carbonyl (C=O) groups excluding carboxylic acids is 2. The topological polar surface area (TPSA) is 40.6 Å². The van der Waals surface area contributed by atoms with Gasteiger partial charge in [-0.15, -0.1) is 0 Å². The molecule has 0 aromatic rings. The highest BCUT2D eigenvalue weighted by atomic mass is 79.9. The lowest BCUT2D eigenvalue weighted by molar-refractivity contribution is -0.129. The fraction of sp³-hybridized carbons (Fsp3) is 0.800. The third-order valence-corrected chi connectivity index (χ3v) is 4.50. The fourth-order valence-electron chi connectivity index (χ4n) is 2.03. The summed E-state index contributed by atoms with van der Waals surface area (Å²) in [4.78, 5) is 23.8. The molecule has 0 N–H and O–H groups in total. The highest BCUT2D eigenvalue weighted by Gasteiger charge is 2.55. The molecule has 1 unspecified atom stereocenters. The van der Waals surface area contributed by atoms with E-state index in [0.29, 0.717) is 12.8 Å². The number of nitrogens with zero attached hydrogens (tertiary/aromatic N) is 2. The van der Waals surface area contributed by atoms with E-state index < -0.39 is 5.54 Å². The zero-order valence-electron chi connectivity index (χ0n) is 9.50. The lowest BCUT2D eigenvalue weighted by atomic mass is 9.88. The predicted octanol–water partition coefficient (Wildman–Crippen LogP) is 3.60. The second kappa shape index (κ2) is 5.49. The molecule has 0 radical (unpaired) electrons. The van der Waals surface area contributed by atoms with Crippen LogP contribution in [0.3, 0.4) is 0 Å². The number of hydrogen-bond acceptors (Lipinski definition) is 2. The predicted molar refractivity (Wildman–Crippen MR) is 69.1 cm³/mol. The molecule has 0 bridgehead atoms. The van der Waals surface area contributed by atoms with Crippen LogP contribution in [0.4, 0.5) is 4.79 Å². The molecule has 1 aliphatic rings. The van der Waals surface area contributed by atoms with Crippen molar-refractivity contribution < 1.29 is 9.59 Å². The largest absolute Gasteiger partial charge is 0.348 e. The number of rotatable bonds is 5. The maximum Gasteiger partial charge on any atom is 0.348 e. The van der Waals surface area contributed by atoms with Gasteiger partial charge in [-0.3, -0.25) is 4.79 Å². The molecular weight excluding hydrogens is 340 g/mol. The maximum atomic E-state index is 12.1. The number of imide groups is 1. The van der Waals surface area contributed by atoms with Gasteiger partial charge in [0, 0.05) is 0 Å².